The second-order valence-corrected chi connectivity index (χ2v) is 10.1. The van der Waals surface area contributed by atoms with Crippen molar-refractivity contribution in [1.82, 2.24) is 4.98 Å². The maximum atomic E-state index is 6.41. The Labute approximate surface area is 224 Å². The van der Waals surface area contributed by atoms with E-state index in [1.807, 2.05) is 31.3 Å². The van der Waals surface area contributed by atoms with E-state index in [-0.39, 0.29) is 5.92 Å². The molecule has 0 aliphatic heterocycles. The zero-order valence-corrected chi connectivity index (χ0v) is 23.5. The van der Waals surface area contributed by atoms with E-state index in [0.29, 0.717) is 12.5 Å². The lowest BCUT2D eigenvalue weighted by atomic mass is 9.77. The fourth-order valence-electron chi connectivity index (χ4n) is 4.86. The molecule has 0 spiro atoms. The maximum absolute atomic E-state index is 6.41. The first-order valence-electron chi connectivity index (χ1n) is 13.4. The second kappa shape index (κ2) is 17.0. The summed E-state index contributed by atoms with van der Waals surface area (Å²) < 4.78 is 13.1. The number of oxazole rings is 1. The predicted octanol–water partition coefficient (Wildman–Crippen LogP) is 7.21. The first-order valence-corrected chi connectivity index (χ1v) is 13.4. The standard InChI is InChI=1S/C29H41N2O2.C2H6O2/c1-5-7-19-26(6-2)32-21-14-20-31(3,4)23-27-22-30-29(33-27)28(24-15-10-8-11-16-24)25-17-12-9-13-18-25;1-3-4-2/h5-8,10-11,15-16,19,22,25,28H,1,9,12-14,17-18,20-21,23H2,2-4H3;1-2H3/q+1;/b19-7-,26-6+;. The van der Waals surface area contributed by atoms with Gasteiger partial charge < -0.3 is 13.6 Å². The highest BCUT2D eigenvalue weighted by molar-refractivity contribution is 5.26. The van der Waals surface area contributed by atoms with Gasteiger partial charge in [-0.1, -0.05) is 68.3 Å². The average Bonchev–Trinajstić information content (AvgIpc) is 3.36. The number of aromatic nitrogens is 1. The highest BCUT2D eigenvalue weighted by Crippen LogP contribution is 2.40. The highest BCUT2D eigenvalue weighted by Gasteiger charge is 2.31. The van der Waals surface area contributed by atoms with Crippen molar-refractivity contribution in [3.05, 3.63) is 90.4 Å². The maximum Gasteiger partial charge on any atom is 0.202 e. The Morgan fingerprint density at radius 1 is 1.14 bits per heavy atom. The summed E-state index contributed by atoms with van der Waals surface area (Å²) in [7, 11) is 7.40. The van der Waals surface area contributed by atoms with Crippen molar-refractivity contribution in [2.24, 2.45) is 5.92 Å². The number of nitrogens with zero attached hydrogens (tertiary/aromatic N) is 2. The molecule has 1 aliphatic rings. The lowest BCUT2D eigenvalue weighted by Crippen LogP contribution is -2.39. The van der Waals surface area contributed by atoms with Crippen molar-refractivity contribution < 1.29 is 23.4 Å². The molecular weight excluding hydrogens is 464 g/mol. The third-order valence-electron chi connectivity index (χ3n) is 6.73. The summed E-state index contributed by atoms with van der Waals surface area (Å²) >= 11 is 0. The summed E-state index contributed by atoms with van der Waals surface area (Å²) in [5.74, 6) is 3.61. The van der Waals surface area contributed by atoms with Gasteiger partial charge in [0.1, 0.15) is 12.3 Å². The van der Waals surface area contributed by atoms with Crippen molar-refractivity contribution in [3.8, 4) is 0 Å². The third kappa shape index (κ3) is 11.1. The van der Waals surface area contributed by atoms with Crippen LogP contribution in [0.1, 0.15) is 68.6 Å². The molecule has 1 aliphatic carbocycles. The Hall–Kier alpha value is -2.67. The molecule has 0 bridgehead atoms. The highest BCUT2D eigenvalue weighted by atomic mass is 17.2. The van der Waals surface area contributed by atoms with Crippen LogP contribution in [0.15, 0.2) is 77.6 Å². The molecule has 1 unspecified atom stereocenters. The number of allylic oxidation sites excluding steroid dienone is 4. The van der Waals surface area contributed by atoms with E-state index in [2.05, 4.69) is 60.8 Å². The molecule has 1 saturated carbocycles. The van der Waals surface area contributed by atoms with Crippen LogP contribution in [0.25, 0.3) is 0 Å². The summed E-state index contributed by atoms with van der Waals surface area (Å²) in [5.41, 5.74) is 1.33. The lowest BCUT2D eigenvalue weighted by molar-refractivity contribution is -0.904. The largest absolute Gasteiger partial charge is 0.494 e. The van der Waals surface area contributed by atoms with Crippen LogP contribution in [0.4, 0.5) is 0 Å². The molecule has 37 heavy (non-hydrogen) atoms. The molecule has 0 saturated heterocycles. The van der Waals surface area contributed by atoms with Crippen molar-refractivity contribution in [1.29, 1.82) is 0 Å². The van der Waals surface area contributed by atoms with Crippen LogP contribution in [0.5, 0.6) is 0 Å². The molecule has 1 heterocycles. The Morgan fingerprint density at radius 2 is 1.84 bits per heavy atom. The SMILES string of the molecule is C=C/C=C\C(=C/C)OCCC[N+](C)(C)Cc1cnc(C(c2ccccc2)C2CCCCC2)o1.COOC. The van der Waals surface area contributed by atoms with E-state index in [1.54, 1.807) is 6.08 Å². The van der Waals surface area contributed by atoms with Gasteiger partial charge in [0.2, 0.25) is 5.89 Å². The molecule has 1 aromatic carbocycles. The van der Waals surface area contributed by atoms with Gasteiger partial charge in [0.25, 0.3) is 0 Å². The number of rotatable bonds is 13. The van der Waals surface area contributed by atoms with Gasteiger partial charge in [0, 0.05) is 6.42 Å². The fraction of sp³-hybridized carbons (Fsp3) is 0.516. The van der Waals surface area contributed by atoms with Crippen molar-refractivity contribution in [2.45, 2.75) is 57.9 Å². The quantitative estimate of drug-likeness (QED) is 0.0710. The van der Waals surface area contributed by atoms with E-state index in [4.69, 9.17) is 14.1 Å². The number of hydrogen-bond acceptors (Lipinski definition) is 5. The summed E-state index contributed by atoms with van der Waals surface area (Å²) in [5, 5.41) is 0. The molecule has 6 heteroatoms. The van der Waals surface area contributed by atoms with E-state index in [0.717, 1.165) is 41.4 Å². The van der Waals surface area contributed by atoms with Gasteiger partial charge in [0.05, 0.1) is 53.6 Å². The van der Waals surface area contributed by atoms with Crippen LogP contribution in [-0.2, 0) is 21.1 Å². The smallest absolute Gasteiger partial charge is 0.202 e. The molecule has 1 aromatic heterocycles. The Morgan fingerprint density at radius 3 is 2.46 bits per heavy atom. The van der Waals surface area contributed by atoms with E-state index in [9.17, 15) is 0 Å². The zero-order valence-electron chi connectivity index (χ0n) is 23.5. The molecule has 1 fully saturated rings. The number of hydrogen-bond donors (Lipinski definition) is 0. The minimum absolute atomic E-state index is 0.257. The van der Waals surface area contributed by atoms with E-state index < -0.39 is 0 Å². The summed E-state index contributed by atoms with van der Waals surface area (Å²) in [6.07, 6.45) is 17.0. The normalized spacial score (nSPS) is 15.8. The van der Waals surface area contributed by atoms with Gasteiger partial charge in [-0.05, 0) is 43.4 Å². The predicted molar refractivity (Wildman–Crippen MR) is 150 cm³/mol. The summed E-state index contributed by atoms with van der Waals surface area (Å²) in [6, 6.07) is 10.8. The van der Waals surface area contributed by atoms with Crippen molar-refractivity contribution >= 4 is 0 Å². The minimum Gasteiger partial charge on any atom is -0.494 e. The monoisotopic (exact) mass is 511 g/mol. The fourth-order valence-corrected chi connectivity index (χ4v) is 4.86. The molecule has 1 atom stereocenters. The van der Waals surface area contributed by atoms with Crippen molar-refractivity contribution in [2.75, 3.05) is 41.5 Å². The van der Waals surface area contributed by atoms with E-state index >= 15 is 0 Å². The molecule has 0 radical (unpaired) electrons. The number of benzene rings is 1. The third-order valence-corrected chi connectivity index (χ3v) is 6.73. The molecule has 0 N–H and O–H groups in total. The van der Waals surface area contributed by atoms with Crippen LogP contribution in [0.3, 0.4) is 0 Å². The molecular formula is C31H47N2O4+. The molecule has 204 valence electrons. The first-order chi connectivity index (χ1) is 17.9. The van der Waals surface area contributed by atoms with Gasteiger partial charge in [-0.15, -0.1) is 0 Å². The van der Waals surface area contributed by atoms with E-state index in [1.165, 1.54) is 51.9 Å². The second-order valence-electron chi connectivity index (χ2n) is 10.1. The Kier molecular flexibility index (Phi) is 14.0. The van der Waals surface area contributed by atoms with Gasteiger partial charge in [-0.3, -0.25) is 0 Å². The minimum atomic E-state index is 0.257. The summed E-state index contributed by atoms with van der Waals surface area (Å²) in [4.78, 5) is 12.9. The van der Waals surface area contributed by atoms with Gasteiger partial charge in [-0.25, -0.2) is 14.8 Å². The first kappa shape index (κ1) is 30.6. The molecule has 0 amide bonds. The van der Waals surface area contributed by atoms with Crippen LogP contribution < -0.4 is 0 Å². The molecule has 2 aromatic rings. The Balaban J connectivity index is 0.00000112. The topological polar surface area (TPSA) is 53.7 Å². The van der Waals surface area contributed by atoms with Gasteiger partial charge in [-0.2, -0.15) is 0 Å². The van der Waals surface area contributed by atoms with Crippen LogP contribution >= 0.6 is 0 Å². The number of quaternary nitrogens is 1. The van der Waals surface area contributed by atoms with Crippen LogP contribution in [0.2, 0.25) is 0 Å². The lowest BCUT2D eigenvalue weighted by Gasteiger charge is -2.29. The molecule has 6 nitrogen and oxygen atoms in total. The van der Waals surface area contributed by atoms with Crippen molar-refractivity contribution in [3.63, 3.8) is 0 Å². The Bertz CT molecular complexity index is 941. The van der Waals surface area contributed by atoms with Gasteiger partial charge in [0.15, 0.2) is 5.76 Å². The molecule has 3 rings (SSSR count). The van der Waals surface area contributed by atoms with Crippen LogP contribution in [-0.4, -0.2) is 50.9 Å². The zero-order chi connectivity index (χ0) is 26.9. The van der Waals surface area contributed by atoms with Gasteiger partial charge >= 0.3 is 0 Å². The number of ether oxygens (including phenoxy) is 1. The average molecular weight is 512 g/mol. The van der Waals surface area contributed by atoms with Crippen LogP contribution in [0, 0.1) is 5.92 Å². The summed E-state index contributed by atoms with van der Waals surface area (Å²) in [6.45, 7) is 8.22.